The summed E-state index contributed by atoms with van der Waals surface area (Å²) in [5.74, 6) is -0.767. The van der Waals surface area contributed by atoms with Crippen LogP contribution in [0.1, 0.15) is 10.4 Å². The lowest BCUT2D eigenvalue weighted by atomic mass is 10.2. The first-order valence-electron chi connectivity index (χ1n) is 9.24. The van der Waals surface area contributed by atoms with E-state index in [0.29, 0.717) is 5.75 Å². The van der Waals surface area contributed by atoms with Gasteiger partial charge in [0.2, 0.25) is 11.6 Å². The molecule has 3 aromatic rings. The second-order valence-corrected chi connectivity index (χ2v) is 6.78. The van der Waals surface area contributed by atoms with Gasteiger partial charge in [0, 0.05) is 23.8 Å². The van der Waals surface area contributed by atoms with Crippen LogP contribution >= 0.6 is 11.6 Å². The predicted octanol–water partition coefficient (Wildman–Crippen LogP) is 3.46. The average Bonchev–Trinajstić information content (AvgIpc) is 2.82. The van der Waals surface area contributed by atoms with Gasteiger partial charge in [-0.15, -0.1) is 0 Å². The molecule has 2 aromatic carbocycles. The topological polar surface area (TPSA) is 184 Å². The summed E-state index contributed by atoms with van der Waals surface area (Å²) in [6.45, 7) is 0. The molecule has 0 aliphatic rings. The number of carbonyl (C=O) groups is 1. The van der Waals surface area contributed by atoms with Crippen molar-refractivity contribution in [2.45, 2.75) is 0 Å². The molecule has 3 N–H and O–H groups in total. The van der Waals surface area contributed by atoms with E-state index in [-0.39, 0.29) is 39.3 Å². The zero-order chi connectivity index (χ0) is 24.8. The van der Waals surface area contributed by atoms with Gasteiger partial charge in [-0.1, -0.05) is 17.7 Å². The van der Waals surface area contributed by atoms with Crippen LogP contribution in [-0.2, 0) is 0 Å². The monoisotopic (exact) mass is 489 g/mol. The number of ether oxygens (including phenoxy) is 2. The van der Waals surface area contributed by atoms with E-state index in [1.807, 2.05) is 0 Å². The Balaban J connectivity index is 1.88. The highest BCUT2D eigenvalue weighted by Crippen LogP contribution is 2.39. The molecule has 176 valence electrons. The molecule has 14 nitrogen and oxygen atoms in total. The van der Waals surface area contributed by atoms with Gasteiger partial charge in [0.25, 0.3) is 11.6 Å². The number of benzene rings is 2. The van der Waals surface area contributed by atoms with E-state index in [1.165, 1.54) is 44.6 Å². The number of nitrogens with zero attached hydrogens (tertiary/aromatic N) is 4. The quantitative estimate of drug-likeness (QED) is 0.295. The molecule has 0 saturated heterocycles. The molecule has 34 heavy (non-hydrogen) atoms. The Morgan fingerprint density at radius 2 is 1.71 bits per heavy atom. The number of hydrogen-bond donors (Lipinski definition) is 3. The number of aromatic nitrogens is 2. The number of non-ortho nitro benzene ring substituents is 1. The molecule has 0 radical (unpaired) electrons. The molecule has 0 spiro atoms. The fourth-order valence-electron chi connectivity index (χ4n) is 2.77. The molecule has 0 fully saturated rings. The maximum atomic E-state index is 12.4. The van der Waals surface area contributed by atoms with E-state index < -0.39 is 21.4 Å². The van der Waals surface area contributed by atoms with Crippen LogP contribution in [0.2, 0.25) is 5.02 Å². The summed E-state index contributed by atoms with van der Waals surface area (Å²) in [4.78, 5) is 41.3. The van der Waals surface area contributed by atoms with Crippen molar-refractivity contribution in [1.82, 2.24) is 15.4 Å². The Morgan fingerprint density at radius 3 is 2.35 bits per heavy atom. The zero-order valence-electron chi connectivity index (χ0n) is 17.6. The van der Waals surface area contributed by atoms with Crippen LogP contribution in [0.4, 0.5) is 28.7 Å². The van der Waals surface area contributed by atoms with Crippen molar-refractivity contribution >= 4 is 46.2 Å². The molecule has 1 aromatic heterocycles. The fourth-order valence-corrected chi connectivity index (χ4v) is 3.01. The molecule has 1 amide bonds. The van der Waals surface area contributed by atoms with Crippen molar-refractivity contribution in [2.75, 3.05) is 25.0 Å². The van der Waals surface area contributed by atoms with Gasteiger partial charge in [-0.2, -0.15) is 0 Å². The number of nitrogens with one attached hydrogen (secondary N) is 3. The summed E-state index contributed by atoms with van der Waals surface area (Å²) in [5.41, 5.74) is 3.88. The molecule has 0 bridgehead atoms. The molecule has 15 heteroatoms. The van der Waals surface area contributed by atoms with Crippen molar-refractivity contribution in [2.24, 2.45) is 0 Å². The Bertz CT molecular complexity index is 1270. The summed E-state index contributed by atoms with van der Waals surface area (Å²) in [5, 5.41) is 25.6. The highest BCUT2D eigenvalue weighted by Gasteiger charge is 2.25. The molecular weight excluding hydrogens is 474 g/mol. The van der Waals surface area contributed by atoms with Crippen molar-refractivity contribution in [1.29, 1.82) is 0 Å². The Morgan fingerprint density at radius 1 is 1.00 bits per heavy atom. The van der Waals surface area contributed by atoms with Crippen LogP contribution in [0.3, 0.4) is 0 Å². The number of rotatable bonds is 9. The average molecular weight is 490 g/mol. The van der Waals surface area contributed by atoms with E-state index in [4.69, 9.17) is 21.1 Å². The summed E-state index contributed by atoms with van der Waals surface area (Å²) in [6.07, 6.45) is 1.02. The highest BCUT2D eigenvalue weighted by atomic mass is 35.5. The van der Waals surface area contributed by atoms with Gasteiger partial charge in [0.15, 0.2) is 0 Å². The van der Waals surface area contributed by atoms with Crippen LogP contribution in [-0.4, -0.2) is 39.9 Å². The molecular formula is C19H16ClN7O7. The molecule has 0 atom stereocenters. The molecule has 0 aliphatic carbocycles. The first-order chi connectivity index (χ1) is 16.2. The summed E-state index contributed by atoms with van der Waals surface area (Å²) >= 11 is 6.14. The smallest absolute Gasteiger partial charge is 0.355 e. The van der Waals surface area contributed by atoms with E-state index in [1.54, 1.807) is 0 Å². The highest BCUT2D eigenvalue weighted by molar-refractivity contribution is 6.32. The number of hydrogen-bond acceptors (Lipinski definition) is 11. The number of nitro benzene ring substituents is 1. The van der Waals surface area contributed by atoms with Gasteiger partial charge in [-0.25, -0.2) is 9.97 Å². The van der Waals surface area contributed by atoms with E-state index in [0.717, 1.165) is 12.4 Å². The third kappa shape index (κ3) is 5.18. The second kappa shape index (κ2) is 10.3. The van der Waals surface area contributed by atoms with Gasteiger partial charge in [-0.3, -0.25) is 35.9 Å². The van der Waals surface area contributed by atoms with Crippen LogP contribution in [0.25, 0.3) is 0 Å². The van der Waals surface area contributed by atoms with Crippen LogP contribution in [0, 0.1) is 20.2 Å². The Kier molecular flexibility index (Phi) is 7.23. The van der Waals surface area contributed by atoms with Crippen LogP contribution in [0.15, 0.2) is 42.7 Å². The van der Waals surface area contributed by atoms with Crippen LogP contribution < -0.4 is 25.6 Å². The maximum Gasteiger partial charge on any atom is 0.355 e. The zero-order valence-corrected chi connectivity index (χ0v) is 18.3. The third-order valence-corrected chi connectivity index (χ3v) is 4.64. The normalized spacial score (nSPS) is 10.2. The Hall–Kier alpha value is -4.72. The van der Waals surface area contributed by atoms with Gasteiger partial charge in [0.05, 0.1) is 34.8 Å². The van der Waals surface area contributed by atoms with Crippen molar-refractivity contribution in [3.8, 4) is 11.5 Å². The van der Waals surface area contributed by atoms with E-state index in [9.17, 15) is 25.0 Å². The van der Waals surface area contributed by atoms with Gasteiger partial charge in [-0.05, 0) is 12.1 Å². The largest absolute Gasteiger partial charge is 0.495 e. The van der Waals surface area contributed by atoms with Crippen LogP contribution in [0.5, 0.6) is 11.5 Å². The lowest BCUT2D eigenvalue weighted by Crippen LogP contribution is -2.30. The minimum Gasteiger partial charge on any atom is -0.495 e. The van der Waals surface area contributed by atoms with Crippen molar-refractivity contribution in [3.63, 3.8) is 0 Å². The second-order valence-electron chi connectivity index (χ2n) is 6.38. The number of halogens is 1. The van der Waals surface area contributed by atoms with E-state index in [2.05, 4.69) is 26.1 Å². The summed E-state index contributed by atoms with van der Waals surface area (Å²) in [6, 6.07) is 7.86. The molecule has 1 heterocycles. The molecule has 3 rings (SSSR count). The number of anilines is 3. The van der Waals surface area contributed by atoms with Gasteiger partial charge >= 0.3 is 5.69 Å². The van der Waals surface area contributed by atoms with Gasteiger partial charge < -0.3 is 14.8 Å². The standard InChI is InChI=1S/C19H16ClN7O7/c1-33-14-8-15(34-2)13(7-12(14)20)23-17-16(27(31)32)18(22-9-21-17)24-25-19(28)10-4-3-5-11(6-10)26(29)30/h3-9H,1-2H3,(H,25,28)(H2,21,22,23,24). The fraction of sp³-hybridized carbons (Fsp3) is 0.105. The van der Waals surface area contributed by atoms with Gasteiger partial charge in [0.1, 0.15) is 17.8 Å². The predicted molar refractivity (Wildman–Crippen MR) is 121 cm³/mol. The van der Waals surface area contributed by atoms with Crippen molar-refractivity contribution in [3.05, 3.63) is 73.5 Å². The molecule has 0 aliphatic heterocycles. The molecule has 0 saturated carbocycles. The number of methoxy groups -OCH3 is 2. The third-order valence-electron chi connectivity index (χ3n) is 4.35. The number of nitro groups is 2. The Labute approximate surface area is 196 Å². The lowest BCUT2D eigenvalue weighted by Gasteiger charge is -2.14. The van der Waals surface area contributed by atoms with E-state index >= 15 is 0 Å². The minimum atomic E-state index is -0.783. The maximum absolute atomic E-state index is 12.4. The lowest BCUT2D eigenvalue weighted by molar-refractivity contribution is -0.384. The summed E-state index contributed by atoms with van der Waals surface area (Å²) in [7, 11) is 2.81. The first kappa shape index (κ1) is 23.9. The summed E-state index contributed by atoms with van der Waals surface area (Å²) < 4.78 is 10.4. The molecule has 0 unspecified atom stereocenters. The van der Waals surface area contributed by atoms with Crippen molar-refractivity contribution < 1.29 is 24.1 Å². The SMILES string of the molecule is COc1cc(OC)c(Nc2ncnc(NNC(=O)c3cccc([N+](=O)[O-])c3)c2[N+](=O)[O-])cc1Cl. The minimum absolute atomic E-state index is 0.0469. The number of amides is 1. The first-order valence-corrected chi connectivity index (χ1v) is 9.61. The number of hydrazine groups is 1. The number of carbonyl (C=O) groups excluding carboxylic acids is 1.